The van der Waals surface area contributed by atoms with Crippen molar-refractivity contribution in [2.45, 2.75) is 44.6 Å². The molecule has 1 unspecified atom stereocenters. The second-order valence-electron chi connectivity index (χ2n) is 6.40. The van der Waals surface area contributed by atoms with Crippen molar-refractivity contribution in [3.8, 4) is 11.8 Å². The number of esters is 1. The first-order valence-electron chi connectivity index (χ1n) is 7.97. The average Bonchev–Trinajstić information content (AvgIpc) is 3.07. The van der Waals surface area contributed by atoms with E-state index in [0.717, 1.165) is 18.5 Å². The summed E-state index contributed by atoms with van der Waals surface area (Å²) in [5.41, 5.74) is 0.453. The molecule has 5 heteroatoms. The number of hydrogen-bond acceptors (Lipinski definition) is 5. The molecule has 2 rings (SSSR count). The minimum atomic E-state index is -0.699. The Morgan fingerprint density at radius 2 is 2.22 bits per heavy atom. The molecular formula is C18H24N2O3. The maximum atomic E-state index is 11.8. The molecule has 1 aromatic carbocycles. The second-order valence-corrected chi connectivity index (χ2v) is 6.40. The number of rotatable bonds is 6. The van der Waals surface area contributed by atoms with Crippen LogP contribution in [0.2, 0.25) is 0 Å². The van der Waals surface area contributed by atoms with Gasteiger partial charge in [0.15, 0.2) is 0 Å². The standard InChI is InChI=1S/C18H24N2O3/c1-18(2,12-19)14-9-13(17(21)22-3)10-16(11-14)23-8-6-15-5-4-7-20-15/h9-11,15,20H,4-8H2,1-3H3. The molecule has 0 radical (unpaired) electrons. The average molecular weight is 316 g/mol. The second kappa shape index (κ2) is 7.47. The number of hydrogen-bond donors (Lipinski definition) is 1. The highest BCUT2D eigenvalue weighted by atomic mass is 16.5. The predicted molar refractivity (Wildman–Crippen MR) is 87.6 cm³/mol. The summed E-state index contributed by atoms with van der Waals surface area (Å²) in [6.07, 6.45) is 3.32. The third-order valence-corrected chi connectivity index (χ3v) is 4.23. The highest BCUT2D eigenvalue weighted by Crippen LogP contribution is 2.28. The quantitative estimate of drug-likeness (QED) is 0.817. The number of nitriles is 1. The van der Waals surface area contributed by atoms with Crippen molar-refractivity contribution in [2.24, 2.45) is 0 Å². The molecule has 0 spiro atoms. The molecule has 0 aliphatic carbocycles. The minimum absolute atomic E-state index is 0.405. The lowest BCUT2D eigenvalue weighted by Crippen LogP contribution is -2.23. The Labute approximate surface area is 137 Å². The maximum Gasteiger partial charge on any atom is 0.337 e. The van der Waals surface area contributed by atoms with Crippen molar-refractivity contribution in [1.29, 1.82) is 5.26 Å². The van der Waals surface area contributed by atoms with E-state index in [9.17, 15) is 10.1 Å². The van der Waals surface area contributed by atoms with E-state index in [2.05, 4.69) is 11.4 Å². The van der Waals surface area contributed by atoms with Crippen LogP contribution in [0.15, 0.2) is 18.2 Å². The van der Waals surface area contributed by atoms with Crippen molar-refractivity contribution in [3.63, 3.8) is 0 Å². The summed E-state index contributed by atoms with van der Waals surface area (Å²) in [5, 5.41) is 12.8. The van der Waals surface area contributed by atoms with E-state index in [1.54, 1.807) is 12.1 Å². The van der Waals surface area contributed by atoms with Crippen LogP contribution in [0.1, 0.15) is 49.0 Å². The van der Waals surface area contributed by atoms with Crippen LogP contribution in [-0.4, -0.2) is 32.3 Å². The molecule has 0 saturated carbocycles. The molecule has 0 amide bonds. The van der Waals surface area contributed by atoms with E-state index in [-0.39, 0.29) is 0 Å². The van der Waals surface area contributed by atoms with E-state index in [1.165, 1.54) is 20.0 Å². The van der Waals surface area contributed by atoms with Crippen molar-refractivity contribution in [3.05, 3.63) is 29.3 Å². The minimum Gasteiger partial charge on any atom is -0.494 e. The first-order valence-corrected chi connectivity index (χ1v) is 7.97. The van der Waals surface area contributed by atoms with E-state index < -0.39 is 11.4 Å². The third kappa shape index (κ3) is 4.46. The summed E-state index contributed by atoms with van der Waals surface area (Å²) >= 11 is 0. The van der Waals surface area contributed by atoms with Crippen LogP contribution in [0.4, 0.5) is 0 Å². The van der Waals surface area contributed by atoms with Gasteiger partial charge in [0.2, 0.25) is 0 Å². The molecule has 1 aliphatic rings. The maximum absolute atomic E-state index is 11.8. The van der Waals surface area contributed by atoms with Crippen LogP contribution < -0.4 is 10.1 Å². The Kier molecular flexibility index (Phi) is 5.62. The summed E-state index contributed by atoms with van der Waals surface area (Å²) in [4.78, 5) is 11.8. The van der Waals surface area contributed by atoms with Gasteiger partial charge in [0.25, 0.3) is 0 Å². The Morgan fingerprint density at radius 1 is 1.43 bits per heavy atom. The zero-order valence-corrected chi connectivity index (χ0v) is 14.0. The third-order valence-electron chi connectivity index (χ3n) is 4.23. The van der Waals surface area contributed by atoms with Gasteiger partial charge in [0, 0.05) is 6.04 Å². The van der Waals surface area contributed by atoms with Gasteiger partial charge in [0.1, 0.15) is 5.75 Å². The zero-order valence-electron chi connectivity index (χ0n) is 14.0. The van der Waals surface area contributed by atoms with E-state index in [0.29, 0.717) is 24.0 Å². The fraction of sp³-hybridized carbons (Fsp3) is 0.556. The molecule has 1 saturated heterocycles. The lowest BCUT2D eigenvalue weighted by atomic mass is 9.85. The summed E-state index contributed by atoms with van der Waals surface area (Å²) in [6.45, 7) is 5.28. The molecule has 1 N–H and O–H groups in total. The monoisotopic (exact) mass is 316 g/mol. The highest BCUT2D eigenvalue weighted by molar-refractivity contribution is 5.90. The Hall–Kier alpha value is -2.06. The number of benzene rings is 1. The Morgan fingerprint density at radius 3 is 2.83 bits per heavy atom. The summed E-state index contributed by atoms with van der Waals surface area (Å²) in [6, 6.07) is 7.96. The van der Waals surface area contributed by atoms with Crippen molar-refractivity contribution in [1.82, 2.24) is 5.32 Å². The van der Waals surface area contributed by atoms with Gasteiger partial charge >= 0.3 is 5.97 Å². The number of nitrogens with one attached hydrogen (secondary N) is 1. The van der Waals surface area contributed by atoms with Crippen LogP contribution in [0.25, 0.3) is 0 Å². The summed E-state index contributed by atoms with van der Waals surface area (Å²) in [5.74, 6) is 0.173. The molecule has 1 heterocycles. The lowest BCUT2D eigenvalue weighted by Gasteiger charge is -2.19. The molecular weight excluding hydrogens is 292 g/mol. The van der Waals surface area contributed by atoms with E-state index in [1.807, 2.05) is 19.9 Å². The largest absolute Gasteiger partial charge is 0.494 e. The Balaban J connectivity index is 2.15. The molecule has 23 heavy (non-hydrogen) atoms. The fourth-order valence-corrected chi connectivity index (χ4v) is 2.67. The van der Waals surface area contributed by atoms with Gasteiger partial charge in [0.05, 0.1) is 30.8 Å². The summed E-state index contributed by atoms with van der Waals surface area (Å²) in [7, 11) is 1.34. The summed E-state index contributed by atoms with van der Waals surface area (Å²) < 4.78 is 10.6. The van der Waals surface area contributed by atoms with Crippen molar-refractivity contribution in [2.75, 3.05) is 20.3 Å². The number of methoxy groups -OCH3 is 1. The number of carbonyl (C=O) groups excluding carboxylic acids is 1. The van der Waals surface area contributed by atoms with Gasteiger partial charge in [-0.2, -0.15) is 5.26 Å². The molecule has 5 nitrogen and oxygen atoms in total. The molecule has 124 valence electrons. The van der Waals surface area contributed by atoms with E-state index in [4.69, 9.17) is 9.47 Å². The van der Waals surface area contributed by atoms with Gasteiger partial charge in [-0.25, -0.2) is 4.79 Å². The molecule has 1 aromatic rings. The zero-order chi connectivity index (χ0) is 16.9. The van der Waals surface area contributed by atoms with Crippen LogP contribution in [-0.2, 0) is 10.2 Å². The van der Waals surface area contributed by atoms with Gasteiger partial charge in [-0.05, 0) is 63.4 Å². The van der Waals surface area contributed by atoms with Crippen molar-refractivity contribution < 1.29 is 14.3 Å². The molecule has 0 bridgehead atoms. The smallest absolute Gasteiger partial charge is 0.337 e. The van der Waals surface area contributed by atoms with E-state index >= 15 is 0 Å². The first kappa shape index (κ1) is 17.3. The van der Waals surface area contributed by atoms with Gasteiger partial charge in [-0.15, -0.1) is 0 Å². The highest BCUT2D eigenvalue weighted by Gasteiger charge is 2.23. The SMILES string of the molecule is COC(=O)c1cc(OCCC2CCCN2)cc(C(C)(C)C#N)c1. The van der Waals surface area contributed by atoms with Crippen LogP contribution in [0.3, 0.4) is 0 Å². The number of carbonyl (C=O) groups is 1. The predicted octanol–water partition coefficient (Wildman–Crippen LogP) is 2.80. The normalized spacial score (nSPS) is 17.6. The molecule has 1 aliphatic heterocycles. The van der Waals surface area contributed by atoms with Gasteiger partial charge < -0.3 is 14.8 Å². The van der Waals surface area contributed by atoms with Crippen LogP contribution >= 0.6 is 0 Å². The topological polar surface area (TPSA) is 71.3 Å². The van der Waals surface area contributed by atoms with Gasteiger partial charge in [-0.1, -0.05) is 0 Å². The fourth-order valence-electron chi connectivity index (χ4n) is 2.67. The van der Waals surface area contributed by atoms with Gasteiger partial charge in [-0.3, -0.25) is 0 Å². The van der Waals surface area contributed by atoms with Crippen LogP contribution in [0.5, 0.6) is 5.75 Å². The molecule has 1 fully saturated rings. The Bertz CT molecular complexity index is 599. The first-order chi connectivity index (χ1) is 11.0. The van der Waals surface area contributed by atoms with Crippen LogP contribution in [0, 0.1) is 11.3 Å². The molecule has 0 aromatic heterocycles. The van der Waals surface area contributed by atoms with Crippen molar-refractivity contribution >= 4 is 5.97 Å². The molecule has 1 atom stereocenters. The lowest BCUT2D eigenvalue weighted by molar-refractivity contribution is 0.0600. The number of nitrogens with zero attached hydrogens (tertiary/aromatic N) is 1. The number of ether oxygens (including phenoxy) is 2.